The van der Waals surface area contributed by atoms with Crippen LogP contribution in [0.2, 0.25) is 10.0 Å². The standard InChI is InChI=1S/C19H21Cl2N3O2/c1-13-8-17(21)19(22-11-13)24-6-4-23(5-7-24)18(26)10-15-9-16(20)3-2-14(15)12-25/h2-3,8-9,11,25H,4-7,10,12H2,1H3. The predicted octanol–water partition coefficient (Wildman–Crippen LogP) is 3.08. The molecule has 5 nitrogen and oxygen atoms in total. The van der Waals surface area contributed by atoms with Crippen molar-refractivity contribution < 1.29 is 9.90 Å². The number of aliphatic hydroxyl groups excluding tert-OH is 1. The number of hydrogen-bond donors (Lipinski definition) is 1. The lowest BCUT2D eigenvalue weighted by atomic mass is 10.0. The number of amides is 1. The van der Waals surface area contributed by atoms with Gasteiger partial charge in [-0.15, -0.1) is 0 Å². The SMILES string of the molecule is Cc1cnc(N2CCN(C(=O)Cc3cc(Cl)ccc3CO)CC2)c(Cl)c1. The number of piperazine rings is 1. The number of rotatable bonds is 4. The number of carbonyl (C=O) groups excluding carboxylic acids is 1. The fraction of sp³-hybridized carbons (Fsp3) is 0.368. The molecule has 7 heteroatoms. The van der Waals surface area contributed by atoms with Gasteiger partial charge in [-0.05, 0) is 41.8 Å². The Morgan fingerprint density at radius 2 is 1.88 bits per heavy atom. The molecule has 138 valence electrons. The van der Waals surface area contributed by atoms with Crippen molar-refractivity contribution in [2.24, 2.45) is 0 Å². The van der Waals surface area contributed by atoms with Crippen LogP contribution in [0.1, 0.15) is 16.7 Å². The molecule has 0 radical (unpaired) electrons. The summed E-state index contributed by atoms with van der Waals surface area (Å²) in [6.07, 6.45) is 2.04. The summed E-state index contributed by atoms with van der Waals surface area (Å²) < 4.78 is 0. The summed E-state index contributed by atoms with van der Waals surface area (Å²) in [4.78, 5) is 21.0. The molecule has 1 N–H and O–H groups in total. The zero-order chi connectivity index (χ0) is 18.7. The van der Waals surface area contributed by atoms with Gasteiger partial charge >= 0.3 is 0 Å². The lowest BCUT2D eigenvalue weighted by Crippen LogP contribution is -2.49. The van der Waals surface area contributed by atoms with E-state index < -0.39 is 0 Å². The number of aliphatic hydroxyl groups is 1. The van der Waals surface area contributed by atoms with Crippen molar-refractivity contribution in [3.63, 3.8) is 0 Å². The molecule has 0 unspecified atom stereocenters. The van der Waals surface area contributed by atoms with Crippen LogP contribution in [-0.4, -0.2) is 47.1 Å². The third kappa shape index (κ3) is 4.29. The van der Waals surface area contributed by atoms with Gasteiger partial charge in [-0.3, -0.25) is 4.79 Å². The maximum absolute atomic E-state index is 12.6. The van der Waals surface area contributed by atoms with Crippen LogP contribution in [0.3, 0.4) is 0 Å². The van der Waals surface area contributed by atoms with Crippen molar-refractivity contribution in [1.29, 1.82) is 0 Å². The fourth-order valence-electron chi connectivity index (χ4n) is 3.11. The van der Waals surface area contributed by atoms with Gasteiger partial charge in [0.2, 0.25) is 5.91 Å². The minimum Gasteiger partial charge on any atom is -0.392 e. The van der Waals surface area contributed by atoms with Gasteiger partial charge in [-0.25, -0.2) is 4.98 Å². The number of nitrogens with zero attached hydrogens (tertiary/aromatic N) is 3. The molecule has 0 aliphatic carbocycles. The number of benzene rings is 1. The highest BCUT2D eigenvalue weighted by molar-refractivity contribution is 6.33. The molecule has 2 aromatic rings. The van der Waals surface area contributed by atoms with Crippen LogP contribution in [0.15, 0.2) is 30.5 Å². The Labute approximate surface area is 163 Å². The second kappa shape index (κ2) is 8.25. The maximum atomic E-state index is 12.6. The first-order chi connectivity index (χ1) is 12.5. The molecule has 0 saturated carbocycles. The van der Waals surface area contributed by atoms with Crippen LogP contribution < -0.4 is 4.90 Å². The second-order valence-electron chi connectivity index (χ2n) is 6.43. The van der Waals surface area contributed by atoms with Crippen LogP contribution >= 0.6 is 23.2 Å². The Balaban J connectivity index is 1.63. The van der Waals surface area contributed by atoms with Crippen molar-refractivity contribution in [2.75, 3.05) is 31.1 Å². The molecule has 1 aromatic carbocycles. The molecule has 0 spiro atoms. The quantitative estimate of drug-likeness (QED) is 0.866. The molecule has 1 fully saturated rings. The number of aromatic nitrogens is 1. The monoisotopic (exact) mass is 393 g/mol. The van der Waals surface area contributed by atoms with E-state index in [9.17, 15) is 9.90 Å². The Morgan fingerprint density at radius 1 is 1.15 bits per heavy atom. The van der Waals surface area contributed by atoms with Crippen molar-refractivity contribution >= 4 is 34.9 Å². The summed E-state index contributed by atoms with van der Waals surface area (Å²) in [7, 11) is 0. The van der Waals surface area contributed by atoms with E-state index in [-0.39, 0.29) is 18.9 Å². The number of hydrogen-bond acceptors (Lipinski definition) is 4. The number of aryl methyl sites for hydroxylation is 1. The first-order valence-corrected chi connectivity index (χ1v) is 9.26. The fourth-order valence-corrected chi connectivity index (χ4v) is 3.65. The zero-order valence-corrected chi connectivity index (χ0v) is 16.1. The van der Waals surface area contributed by atoms with Crippen molar-refractivity contribution in [3.8, 4) is 0 Å². The van der Waals surface area contributed by atoms with Gasteiger partial charge in [0.15, 0.2) is 0 Å². The lowest BCUT2D eigenvalue weighted by molar-refractivity contribution is -0.130. The molecule has 26 heavy (non-hydrogen) atoms. The molecule has 3 rings (SSSR count). The van der Waals surface area contributed by atoms with E-state index in [1.165, 1.54) is 0 Å². The molecule has 0 bridgehead atoms. The number of carbonyl (C=O) groups is 1. The third-order valence-electron chi connectivity index (χ3n) is 4.57. The second-order valence-corrected chi connectivity index (χ2v) is 7.28. The van der Waals surface area contributed by atoms with Crippen LogP contribution in [0, 0.1) is 6.92 Å². The summed E-state index contributed by atoms with van der Waals surface area (Å²) in [6, 6.07) is 7.13. The predicted molar refractivity (Wildman–Crippen MR) is 104 cm³/mol. The molecular formula is C19H21Cl2N3O2. The van der Waals surface area contributed by atoms with Gasteiger partial charge < -0.3 is 14.9 Å². The van der Waals surface area contributed by atoms with Crippen molar-refractivity contribution in [2.45, 2.75) is 20.0 Å². The zero-order valence-electron chi connectivity index (χ0n) is 14.6. The van der Waals surface area contributed by atoms with Crippen LogP contribution in [0.4, 0.5) is 5.82 Å². The Bertz CT molecular complexity index is 805. The average molecular weight is 394 g/mol. The van der Waals surface area contributed by atoms with E-state index in [2.05, 4.69) is 9.88 Å². The van der Waals surface area contributed by atoms with E-state index in [1.807, 2.05) is 17.9 Å². The minimum absolute atomic E-state index is 0.0320. The minimum atomic E-state index is -0.106. The Hall–Kier alpha value is -1.82. The number of anilines is 1. The summed E-state index contributed by atoms with van der Waals surface area (Å²) in [5, 5.41) is 10.6. The highest BCUT2D eigenvalue weighted by Crippen LogP contribution is 2.25. The largest absolute Gasteiger partial charge is 0.392 e. The van der Waals surface area contributed by atoms with Gasteiger partial charge in [-0.2, -0.15) is 0 Å². The molecule has 1 amide bonds. The summed E-state index contributed by atoms with van der Waals surface area (Å²) in [5.41, 5.74) is 2.53. The molecule has 0 atom stereocenters. The first kappa shape index (κ1) is 19.0. The summed E-state index contributed by atoms with van der Waals surface area (Å²) >= 11 is 12.3. The first-order valence-electron chi connectivity index (χ1n) is 8.51. The summed E-state index contributed by atoms with van der Waals surface area (Å²) in [5.74, 6) is 0.798. The van der Waals surface area contributed by atoms with E-state index >= 15 is 0 Å². The van der Waals surface area contributed by atoms with Gasteiger partial charge in [0.05, 0.1) is 18.1 Å². The highest BCUT2D eigenvalue weighted by atomic mass is 35.5. The van der Waals surface area contributed by atoms with Gasteiger partial charge in [0.25, 0.3) is 0 Å². The summed E-state index contributed by atoms with van der Waals surface area (Å²) in [6.45, 7) is 4.44. The van der Waals surface area contributed by atoms with Gasteiger partial charge in [0.1, 0.15) is 5.82 Å². The maximum Gasteiger partial charge on any atom is 0.227 e. The highest BCUT2D eigenvalue weighted by Gasteiger charge is 2.23. The smallest absolute Gasteiger partial charge is 0.227 e. The van der Waals surface area contributed by atoms with Crippen LogP contribution in [0.5, 0.6) is 0 Å². The topological polar surface area (TPSA) is 56.7 Å². The molecule has 2 heterocycles. The van der Waals surface area contributed by atoms with Crippen molar-refractivity contribution in [3.05, 3.63) is 57.2 Å². The number of pyridine rings is 1. The Morgan fingerprint density at radius 3 is 2.54 bits per heavy atom. The van der Waals surface area contributed by atoms with E-state index in [0.29, 0.717) is 36.2 Å². The average Bonchev–Trinajstić information content (AvgIpc) is 2.62. The van der Waals surface area contributed by atoms with Crippen LogP contribution in [-0.2, 0) is 17.8 Å². The molecule has 1 saturated heterocycles. The van der Waals surface area contributed by atoms with E-state index in [4.69, 9.17) is 23.2 Å². The van der Waals surface area contributed by atoms with Gasteiger partial charge in [-0.1, -0.05) is 29.3 Å². The molecular weight excluding hydrogens is 373 g/mol. The van der Waals surface area contributed by atoms with E-state index in [1.54, 1.807) is 24.4 Å². The van der Waals surface area contributed by atoms with Crippen LogP contribution in [0.25, 0.3) is 0 Å². The lowest BCUT2D eigenvalue weighted by Gasteiger charge is -2.36. The third-order valence-corrected chi connectivity index (χ3v) is 5.08. The normalized spacial score (nSPS) is 14.6. The molecule has 1 aromatic heterocycles. The number of halogens is 2. The van der Waals surface area contributed by atoms with Crippen molar-refractivity contribution in [1.82, 2.24) is 9.88 Å². The van der Waals surface area contributed by atoms with Gasteiger partial charge in [0, 0.05) is 37.4 Å². The molecule has 1 aliphatic rings. The Kier molecular flexibility index (Phi) is 6.01. The molecule has 1 aliphatic heterocycles. The van der Waals surface area contributed by atoms with E-state index in [0.717, 1.165) is 22.5 Å².